The van der Waals surface area contributed by atoms with Gasteiger partial charge in [-0.05, 0) is 37.9 Å². The van der Waals surface area contributed by atoms with Gasteiger partial charge in [0.05, 0.1) is 5.01 Å². The molecule has 1 aromatic heterocycles. The largest absolute Gasteiger partial charge is 0.316 e. The Hall–Kier alpha value is -0.900. The number of aryl methyl sites for hydroxylation is 1. The smallest absolute Gasteiger partial charge is 0.0896 e. The number of benzene rings is 1. The molecule has 1 atom stereocenters. The van der Waals surface area contributed by atoms with E-state index >= 15 is 0 Å². The Morgan fingerprint density at radius 2 is 2.15 bits per heavy atom. The molecule has 0 saturated heterocycles. The average Bonchev–Trinajstić information content (AvgIpc) is 2.84. The average molecular weight is 309 g/mol. The highest BCUT2D eigenvalue weighted by Gasteiger charge is 2.16. The summed E-state index contributed by atoms with van der Waals surface area (Å²) in [6, 6.07) is 8.15. The van der Waals surface area contributed by atoms with Crippen molar-refractivity contribution in [2.45, 2.75) is 32.6 Å². The van der Waals surface area contributed by atoms with Gasteiger partial charge in [0.2, 0.25) is 0 Å². The number of rotatable bonds is 7. The number of nitrogens with one attached hydrogen (secondary N) is 1. The lowest BCUT2D eigenvalue weighted by Crippen LogP contribution is -2.23. The van der Waals surface area contributed by atoms with Crippen molar-refractivity contribution in [3.63, 3.8) is 0 Å². The van der Waals surface area contributed by atoms with Crippen molar-refractivity contribution in [3.05, 3.63) is 50.9 Å². The summed E-state index contributed by atoms with van der Waals surface area (Å²) in [5, 5.41) is 5.50. The van der Waals surface area contributed by atoms with Gasteiger partial charge in [0.1, 0.15) is 0 Å². The van der Waals surface area contributed by atoms with Crippen LogP contribution >= 0.6 is 22.9 Å². The minimum Gasteiger partial charge on any atom is -0.316 e. The Balaban J connectivity index is 2.13. The fourth-order valence-electron chi connectivity index (χ4n) is 2.29. The quantitative estimate of drug-likeness (QED) is 0.765. The molecule has 2 nitrogen and oxygen atoms in total. The predicted molar refractivity (Wildman–Crippen MR) is 87.9 cm³/mol. The van der Waals surface area contributed by atoms with E-state index in [9.17, 15) is 0 Å². The highest BCUT2D eigenvalue weighted by atomic mass is 35.5. The summed E-state index contributed by atoms with van der Waals surface area (Å²) in [6.07, 6.45) is 4.13. The maximum atomic E-state index is 6.36. The van der Waals surface area contributed by atoms with Gasteiger partial charge in [0.15, 0.2) is 0 Å². The normalized spacial score (nSPS) is 12.6. The Labute approximate surface area is 130 Å². The SMILES string of the molecule is CCCNCC(Cc1cnc(C)s1)c1ccccc1Cl. The van der Waals surface area contributed by atoms with Gasteiger partial charge in [-0.15, -0.1) is 11.3 Å². The van der Waals surface area contributed by atoms with Crippen LogP contribution in [-0.4, -0.2) is 18.1 Å². The molecule has 1 aromatic carbocycles. The summed E-state index contributed by atoms with van der Waals surface area (Å²) in [7, 11) is 0. The third-order valence-electron chi connectivity index (χ3n) is 3.28. The molecule has 0 fully saturated rings. The van der Waals surface area contributed by atoms with Gasteiger partial charge < -0.3 is 5.32 Å². The van der Waals surface area contributed by atoms with Crippen LogP contribution in [0, 0.1) is 6.92 Å². The van der Waals surface area contributed by atoms with Gasteiger partial charge in [-0.1, -0.05) is 36.7 Å². The van der Waals surface area contributed by atoms with Crippen LogP contribution in [0.3, 0.4) is 0 Å². The summed E-state index contributed by atoms with van der Waals surface area (Å²) in [4.78, 5) is 5.67. The van der Waals surface area contributed by atoms with Crippen LogP contribution in [0.15, 0.2) is 30.5 Å². The van der Waals surface area contributed by atoms with Gasteiger partial charge in [-0.2, -0.15) is 0 Å². The lowest BCUT2D eigenvalue weighted by molar-refractivity contribution is 0.579. The molecule has 2 rings (SSSR count). The molecule has 0 aliphatic rings. The Bertz CT molecular complexity index is 539. The summed E-state index contributed by atoms with van der Waals surface area (Å²) in [6.45, 7) is 6.23. The summed E-state index contributed by atoms with van der Waals surface area (Å²) < 4.78 is 0. The lowest BCUT2D eigenvalue weighted by Gasteiger charge is -2.18. The van der Waals surface area contributed by atoms with Gasteiger partial charge in [-0.25, -0.2) is 4.98 Å². The molecule has 1 heterocycles. The fourth-order valence-corrected chi connectivity index (χ4v) is 3.46. The standard InChI is InChI=1S/C16H21ClN2S/c1-3-8-18-10-13(9-14-11-19-12(2)20-14)15-6-4-5-7-16(15)17/h4-7,11,13,18H,3,8-10H2,1-2H3. The minimum absolute atomic E-state index is 0.398. The molecule has 0 radical (unpaired) electrons. The van der Waals surface area contributed by atoms with Crippen LogP contribution in [0.1, 0.15) is 34.7 Å². The maximum absolute atomic E-state index is 6.36. The first-order chi connectivity index (χ1) is 9.70. The molecule has 0 aliphatic carbocycles. The van der Waals surface area contributed by atoms with E-state index in [1.54, 1.807) is 11.3 Å². The third-order valence-corrected chi connectivity index (χ3v) is 4.56. The number of hydrogen-bond acceptors (Lipinski definition) is 3. The van der Waals surface area contributed by atoms with Gasteiger partial charge in [0, 0.05) is 28.6 Å². The lowest BCUT2D eigenvalue weighted by atomic mass is 9.95. The number of halogens is 1. The van der Waals surface area contributed by atoms with E-state index in [0.29, 0.717) is 5.92 Å². The van der Waals surface area contributed by atoms with Crippen molar-refractivity contribution in [1.29, 1.82) is 0 Å². The highest BCUT2D eigenvalue weighted by molar-refractivity contribution is 7.11. The van der Waals surface area contributed by atoms with Crippen LogP contribution in [-0.2, 0) is 6.42 Å². The van der Waals surface area contributed by atoms with Crippen molar-refractivity contribution in [3.8, 4) is 0 Å². The fraction of sp³-hybridized carbons (Fsp3) is 0.438. The maximum Gasteiger partial charge on any atom is 0.0896 e. The first-order valence-electron chi connectivity index (χ1n) is 7.07. The first kappa shape index (κ1) is 15.5. The predicted octanol–water partition coefficient (Wildman–Crippen LogP) is 4.43. The number of nitrogens with zero attached hydrogens (tertiary/aromatic N) is 1. The van der Waals surface area contributed by atoms with E-state index in [4.69, 9.17) is 11.6 Å². The van der Waals surface area contributed by atoms with Crippen LogP contribution in [0.2, 0.25) is 5.02 Å². The van der Waals surface area contributed by atoms with Crippen molar-refractivity contribution in [2.75, 3.05) is 13.1 Å². The van der Waals surface area contributed by atoms with E-state index in [0.717, 1.165) is 36.0 Å². The minimum atomic E-state index is 0.398. The molecular formula is C16H21ClN2S. The molecular weight excluding hydrogens is 288 g/mol. The molecule has 0 spiro atoms. The van der Waals surface area contributed by atoms with Gasteiger partial charge in [-0.3, -0.25) is 0 Å². The summed E-state index contributed by atoms with van der Waals surface area (Å²) in [5.74, 6) is 0.398. The van der Waals surface area contributed by atoms with Crippen LogP contribution in [0.4, 0.5) is 0 Å². The monoisotopic (exact) mass is 308 g/mol. The zero-order valence-electron chi connectivity index (χ0n) is 12.0. The molecule has 1 unspecified atom stereocenters. The van der Waals surface area contributed by atoms with E-state index in [-0.39, 0.29) is 0 Å². The third kappa shape index (κ3) is 4.30. The molecule has 2 aromatic rings. The topological polar surface area (TPSA) is 24.9 Å². The zero-order valence-corrected chi connectivity index (χ0v) is 13.6. The number of aromatic nitrogens is 1. The Morgan fingerprint density at radius 1 is 1.35 bits per heavy atom. The second-order valence-corrected chi connectivity index (χ2v) is 6.70. The summed E-state index contributed by atoms with van der Waals surface area (Å²) >= 11 is 8.14. The van der Waals surface area contributed by atoms with Crippen molar-refractivity contribution >= 4 is 22.9 Å². The van der Waals surface area contributed by atoms with Crippen molar-refractivity contribution in [2.24, 2.45) is 0 Å². The zero-order chi connectivity index (χ0) is 14.4. The highest BCUT2D eigenvalue weighted by Crippen LogP contribution is 2.28. The molecule has 4 heteroatoms. The first-order valence-corrected chi connectivity index (χ1v) is 8.26. The van der Waals surface area contributed by atoms with Crippen molar-refractivity contribution < 1.29 is 0 Å². The number of thiazole rings is 1. The Kier molecular flexibility index (Phi) is 6.02. The molecule has 0 bridgehead atoms. The number of hydrogen-bond donors (Lipinski definition) is 1. The molecule has 0 saturated carbocycles. The van der Waals surface area contributed by atoms with E-state index in [1.807, 2.05) is 25.3 Å². The molecule has 0 amide bonds. The van der Waals surface area contributed by atoms with E-state index in [2.05, 4.69) is 29.4 Å². The summed E-state index contributed by atoms with van der Waals surface area (Å²) in [5.41, 5.74) is 1.23. The Morgan fingerprint density at radius 3 is 2.80 bits per heavy atom. The second kappa shape index (κ2) is 7.77. The van der Waals surface area contributed by atoms with Crippen LogP contribution in [0.25, 0.3) is 0 Å². The molecule has 108 valence electrons. The molecule has 0 aliphatic heterocycles. The van der Waals surface area contributed by atoms with E-state index < -0.39 is 0 Å². The molecule has 1 N–H and O–H groups in total. The molecule has 20 heavy (non-hydrogen) atoms. The van der Waals surface area contributed by atoms with Crippen molar-refractivity contribution in [1.82, 2.24) is 10.3 Å². The van der Waals surface area contributed by atoms with Crippen LogP contribution < -0.4 is 5.32 Å². The van der Waals surface area contributed by atoms with Crippen LogP contribution in [0.5, 0.6) is 0 Å². The van der Waals surface area contributed by atoms with E-state index in [1.165, 1.54) is 10.4 Å². The van der Waals surface area contributed by atoms with Gasteiger partial charge >= 0.3 is 0 Å². The second-order valence-electron chi connectivity index (χ2n) is 4.97. The van der Waals surface area contributed by atoms with Gasteiger partial charge in [0.25, 0.3) is 0 Å².